The Labute approximate surface area is 222 Å². The summed E-state index contributed by atoms with van der Waals surface area (Å²) in [4.78, 5) is 34.1. The molecule has 7 nitrogen and oxygen atoms in total. The number of benzene rings is 3. The molecule has 0 saturated heterocycles. The predicted octanol–water partition coefficient (Wildman–Crippen LogP) is 6.09. The Morgan fingerprint density at radius 2 is 1.79 bits per heavy atom. The van der Waals surface area contributed by atoms with Crippen LogP contribution in [0.15, 0.2) is 54.7 Å². The van der Waals surface area contributed by atoms with E-state index in [1.54, 1.807) is 0 Å². The molecule has 39 heavy (non-hydrogen) atoms. The van der Waals surface area contributed by atoms with Crippen LogP contribution < -0.4 is 10.1 Å². The van der Waals surface area contributed by atoms with Gasteiger partial charge in [0.2, 0.25) is 5.88 Å². The Kier molecular flexibility index (Phi) is 8.07. The third-order valence-corrected chi connectivity index (χ3v) is 5.74. The first kappa shape index (κ1) is 27.9. The lowest BCUT2D eigenvalue weighted by Gasteiger charge is -2.15. The summed E-state index contributed by atoms with van der Waals surface area (Å²) in [5.74, 6) is -5.07. The van der Waals surface area contributed by atoms with Crippen LogP contribution in [0.4, 0.5) is 27.6 Å². The summed E-state index contributed by atoms with van der Waals surface area (Å²) in [6.07, 6.45) is -3.63. The molecule has 1 N–H and O–H groups in total. The normalized spacial score (nSPS) is 11.5. The zero-order valence-electron chi connectivity index (χ0n) is 19.9. The topological polar surface area (TPSA) is 90.4 Å². The van der Waals surface area contributed by atoms with E-state index < -0.39 is 56.9 Å². The first-order valence-corrected chi connectivity index (χ1v) is 11.5. The number of anilines is 1. The third-order valence-electron chi connectivity index (χ3n) is 5.43. The Hall–Kier alpha value is -4.16. The van der Waals surface area contributed by atoms with Gasteiger partial charge in [0.25, 0.3) is 5.91 Å². The molecular weight excluding hydrogens is 549 g/mol. The van der Waals surface area contributed by atoms with Crippen LogP contribution in [0.1, 0.15) is 31.8 Å². The summed E-state index contributed by atoms with van der Waals surface area (Å²) < 4.78 is 80.6. The number of ketones is 1. The zero-order valence-corrected chi connectivity index (χ0v) is 20.7. The molecule has 202 valence electrons. The fourth-order valence-electron chi connectivity index (χ4n) is 3.63. The predicted molar refractivity (Wildman–Crippen MR) is 131 cm³/mol. The number of aromatic nitrogens is 2. The van der Waals surface area contributed by atoms with Crippen LogP contribution in [-0.2, 0) is 10.9 Å². The van der Waals surface area contributed by atoms with Crippen molar-refractivity contribution in [2.75, 3.05) is 25.6 Å². The number of hydrogen-bond donors (Lipinski definition) is 1. The molecule has 3 aromatic carbocycles. The van der Waals surface area contributed by atoms with E-state index in [1.807, 2.05) is 5.32 Å². The first-order valence-electron chi connectivity index (χ1n) is 11.1. The summed E-state index contributed by atoms with van der Waals surface area (Å²) in [6.45, 7) is 0.475. The molecule has 0 aliphatic carbocycles. The van der Waals surface area contributed by atoms with Crippen LogP contribution in [0.5, 0.6) is 5.88 Å². The van der Waals surface area contributed by atoms with Gasteiger partial charge in [-0.2, -0.15) is 13.2 Å². The number of methoxy groups -OCH3 is 1. The number of fused-ring (bicyclic) bond motifs is 1. The van der Waals surface area contributed by atoms with E-state index in [0.29, 0.717) is 18.2 Å². The van der Waals surface area contributed by atoms with Crippen molar-refractivity contribution in [2.24, 2.45) is 0 Å². The standard InChI is InChI=1S/C26H17ClF5N3O4/c1-38-9-10-39-20-12-33-17-7-5-13(11-19(17)34-20)24(36)21-16(28)6-8-18(23(21)29)35-25(37)14-3-2-4-15(27)22(14)26(30,31)32/h2-8,11-12H,9-10H2,1H3,(H,35,37). The van der Waals surface area contributed by atoms with Gasteiger partial charge in [0.15, 0.2) is 11.6 Å². The van der Waals surface area contributed by atoms with Crippen molar-refractivity contribution in [1.82, 2.24) is 9.97 Å². The summed E-state index contributed by atoms with van der Waals surface area (Å²) in [5, 5.41) is 1.22. The van der Waals surface area contributed by atoms with E-state index >= 15 is 4.39 Å². The van der Waals surface area contributed by atoms with Gasteiger partial charge < -0.3 is 14.8 Å². The summed E-state index contributed by atoms with van der Waals surface area (Å²) in [7, 11) is 1.49. The number of carbonyl (C=O) groups is 2. The van der Waals surface area contributed by atoms with Crippen molar-refractivity contribution in [2.45, 2.75) is 6.18 Å². The van der Waals surface area contributed by atoms with Gasteiger partial charge in [-0.05, 0) is 42.5 Å². The minimum Gasteiger partial charge on any atom is -0.474 e. The van der Waals surface area contributed by atoms with E-state index in [2.05, 4.69) is 9.97 Å². The van der Waals surface area contributed by atoms with Crippen LogP contribution in [0.25, 0.3) is 11.0 Å². The highest BCUT2D eigenvalue weighted by Crippen LogP contribution is 2.37. The molecule has 0 bridgehead atoms. The SMILES string of the molecule is COCCOc1cnc2ccc(C(=O)c3c(F)ccc(NC(=O)c4cccc(Cl)c4C(F)(F)F)c3F)cc2n1. The van der Waals surface area contributed by atoms with Crippen LogP contribution in [0.3, 0.4) is 0 Å². The average molecular weight is 566 g/mol. The maximum atomic E-state index is 15.3. The first-order chi connectivity index (χ1) is 18.5. The zero-order chi connectivity index (χ0) is 28.3. The van der Waals surface area contributed by atoms with Gasteiger partial charge in [0, 0.05) is 12.7 Å². The van der Waals surface area contributed by atoms with Crippen LogP contribution >= 0.6 is 11.6 Å². The second kappa shape index (κ2) is 11.3. The van der Waals surface area contributed by atoms with Crippen molar-refractivity contribution in [3.8, 4) is 5.88 Å². The van der Waals surface area contributed by atoms with Crippen molar-refractivity contribution < 1.29 is 41.0 Å². The molecule has 0 aliphatic heterocycles. The molecule has 0 atom stereocenters. The molecule has 4 rings (SSSR count). The van der Waals surface area contributed by atoms with Crippen molar-refractivity contribution >= 4 is 40.0 Å². The number of nitrogens with zero attached hydrogens (tertiary/aromatic N) is 2. The average Bonchev–Trinajstić information content (AvgIpc) is 2.89. The Balaban J connectivity index is 1.66. The molecule has 1 aromatic heterocycles. The number of rotatable bonds is 8. The van der Waals surface area contributed by atoms with Crippen molar-refractivity contribution in [3.63, 3.8) is 0 Å². The fraction of sp³-hybridized carbons (Fsp3) is 0.154. The summed E-state index contributed by atoms with van der Waals surface area (Å²) in [6, 6.07) is 8.33. The second-order valence-electron chi connectivity index (χ2n) is 7.98. The maximum Gasteiger partial charge on any atom is 0.418 e. The number of carbonyl (C=O) groups excluding carboxylic acids is 2. The number of nitrogens with one attached hydrogen (secondary N) is 1. The minimum absolute atomic E-state index is 0.130. The highest BCUT2D eigenvalue weighted by Gasteiger charge is 2.38. The molecule has 0 saturated carbocycles. The largest absolute Gasteiger partial charge is 0.474 e. The Bertz CT molecular complexity index is 1580. The monoisotopic (exact) mass is 565 g/mol. The molecule has 0 unspecified atom stereocenters. The van der Waals surface area contributed by atoms with E-state index in [0.717, 1.165) is 24.3 Å². The Morgan fingerprint density at radius 1 is 1.03 bits per heavy atom. The molecule has 0 spiro atoms. The molecule has 0 aliphatic rings. The molecule has 0 radical (unpaired) electrons. The number of alkyl halides is 3. The van der Waals surface area contributed by atoms with E-state index in [1.165, 1.54) is 31.5 Å². The number of amides is 1. The van der Waals surface area contributed by atoms with E-state index in [9.17, 15) is 27.2 Å². The minimum atomic E-state index is -4.98. The molecule has 0 fully saturated rings. The molecule has 4 aromatic rings. The molecule has 13 heteroatoms. The van der Waals surface area contributed by atoms with Gasteiger partial charge in [-0.1, -0.05) is 17.7 Å². The quantitative estimate of drug-likeness (QED) is 0.158. The Morgan fingerprint density at radius 3 is 2.51 bits per heavy atom. The van der Waals surface area contributed by atoms with Crippen LogP contribution in [0.2, 0.25) is 5.02 Å². The highest BCUT2D eigenvalue weighted by molar-refractivity contribution is 6.32. The van der Waals surface area contributed by atoms with E-state index in [4.69, 9.17) is 21.1 Å². The second-order valence-corrected chi connectivity index (χ2v) is 8.39. The molecule has 1 heterocycles. The number of halogens is 6. The van der Waals surface area contributed by atoms with Crippen molar-refractivity contribution in [3.05, 3.63) is 93.6 Å². The number of hydrogen-bond acceptors (Lipinski definition) is 6. The lowest BCUT2D eigenvalue weighted by atomic mass is 10.0. The fourth-order valence-corrected chi connectivity index (χ4v) is 3.91. The van der Waals surface area contributed by atoms with Gasteiger partial charge in [0.1, 0.15) is 12.4 Å². The molecular formula is C26H17ClF5N3O4. The van der Waals surface area contributed by atoms with Gasteiger partial charge in [-0.25, -0.2) is 18.7 Å². The van der Waals surface area contributed by atoms with Gasteiger partial charge in [0.05, 0.1) is 51.2 Å². The third kappa shape index (κ3) is 5.96. The smallest absolute Gasteiger partial charge is 0.418 e. The van der Waals surface area contributed by atoms with Gasteiger partial charge in [-0.15, -0.1) is 0 Å². The lowest BCUT2D eigenvalue weighted by molar-refractivity contribution is -0.137. The lowest BCUT2D eigenvalue weighted by Crippen LogP contribution is -2.20. The van der Waals surface area contributed by atoms with Crippen molar-refractivity contribution in [1.29, 1.82) is 0 Å². The van der Waals surface area contributed by atoms with E-state index in [-0.39, 0.29) is 23.6 Å². The van der Waals surface area contributed by atoms with Gasteiger partial charge >= 0.3 is 6.18 Å². The number of ether oxygens (including phenoxy) is 2. The molecule has 1 amide bonds. The highest BCUT2D eigenvalue weighted by atomic mass is 35.5. The summed E-state index contributed by atoms with van der Waals surface area (Å²) >= 11 is 5.64. The van der Waals surface area contributed by atoms with Crippen LogP contribution in [-0.4, -0.2) is 42.0 Å². The maximum absolute atomic E-state index is 15.3. The van der Waals surface area contributed by atoms with Gasteiger partial charge in [-0.3, -0.25) is 9.59 Å². The van der Waals surface area contributed by atoms with Crippen LogP contribution in [0, 0.1) is 11.6 Å². The summed E-state index contributed by atoms with van der Waals surface area (Å²) in [5.41, 5.74) is -3.66.